The van der Waals surface area contributed by atoms with Crippen LogP contribution >= 0.6 is 0 Å². The molecule has 166 valence electrons. The van der Waals surface area contributed by atoms with E-state index < -0.39 is 0 Å². The van der Waals surface area contributed by atoms with Gasteiger partial charge in [-0.1, -0.05) is 104 Å². The standard InChI is InChI=1S/C27H39N.C2H6/c1-10-23(27(7,8)9)20-19-22(3)28(25-16-13-12-14-17-25)24(11-2)18-15-21-26(4,5)6;1-2/h10-20H,3,21H2,1-2,4-9H3;1-2H3/b18-15-,20-19-,23-10+,24-11+;. The van der Waals surface area contributed by atoms with Crippen molar-refractivity contribution in [1.29, 1.82) is 0 Å². The van der Waals surface area contributed by atoms with E-state index in [-0.39, 0.29) is 10.8 Å². The maximum atomic E-state index is 4.38. The maximum absolute atomic E-state index is 4.38. The summed E-state index contributed by atoms with van der Waals surface area (Å²) in [5.74, 6) is 0. The largest absolute Gasteiger partial charge is 0.311 e. The number of hydrogen-bond acceptors (Lipinski definition) is 1. The van der Waals surface area contributed by atoms with Gasteiger partial charge < -0.3 is 4.90 Å². The van der Waals surface area contributed by atoms with Gasteiger partial charge in [0.2, 0.25) is 0 Å². The molecule has 0 saturated carbocycles. The first-order valence-electron chi connectivity index (χ1n) is 11.2. The Morgan fingerprint density at radius 2 is 1.43 bits per heavy atom. The second kappa shape index (κ2) is 13.1. The molecule has 1 rings (SSSR count). The SMILES string of the molecule is C=C(/C=C\C(=C/C)C(C)(C)C)N(C(/C=C\CC(C)(C)C)=C/C)c1ccccc1.CC. The number of para-hydroxylation sites is 1. The van der Waals surface area contributed by atoms with E-state index in [1.165, 1.54) is 5.57 Å². The molecule has 1 nitrogen and oxygen atoms in total. The summed E-state index contributed by atoms with van der Waals surface area (Å²) in [6, 6.07) is 10.4. The Balaban J connectivity index is 0.00000407. The molecule has 0 saturated heterocycles. The van der Waals surface area contributed by atoms with Gasteiger partial charge in [-0.15, -0.1) is 0 Å². The van der Waals surface area contributed by atoms with Crippen molar-refractivity contribution < 1.29 is 0 Å². The van der Waals surface area contributed by atoms with E-state index in [9.17, 15) is 0 Å². The molecule has 1 heteroatoms. The molecule has 0 spiro atoms. The lowest BCUT2D eigenvalue weighted by molar-refractivity contribution is 0.420. The maximum Gasteiger partial charge on any atom is 0.0461 e. The second-order valence-corrected chi connectivity index (χ2v) is 9.37. The Morgan fingerprint density at radius 1 is 0.867 bits per heavy atom. The number of hydrogen-bond donors (Lipinski definition) is 0. The van der Waals surface area contributed by atoms with Crippen molar-refractivity contribution in [2.75, 3.05) is 4.90 Å². The molecule has 0 heterocycles. The predicted octanol–water partition coefficient (Wildman–Crippen LogP) is 9.48. The van der Waals surface area contributed by atoms with E-state index in [1.807, 2.05) is 19.9 Å². The zero-order valence-electron chi connectivity index (χ0n) is 21.2. The van der Waals surface area contributed by atoms with Crippen LogP contribution in [0.5, 0.6) is 0 Å². The molecule has 0 amide bonds. The monoisotopic (exact) mass is 407 g/mol. The van der Waals surface area contributed by atoms with Gasteiger partial charge in [-0.25, -0.2) is 0 Å². The smallest absolute Gasteiger partial charge is 0.0461 e. The third-order valence-electron chi connectivity index (χ3n) is 4.51. The summed E-state index contributed by atoms with van der Waals surface area (Å²) in [7, 11) is 0. The first-order chi connectivity index (χ1) is 14.0. The first-order valence-corrected chi connectivity index (χ1v) is 11.2. The predicted molar refractivity (Wildman–Crippen MR) is 139 cm³/mol. The topological polar surface area (TPSA) is 3.24 Å². The lowest BCUT2D eigenvalue weighted by Gasteiger charge is -2.27. The molecule has 0 N–H and O–H groups in total. The van der Waals surface area contributed by atoms with Crippen molar-refractivity contribution >= 4 is 5.69 Å². The molecule has 30 heavy (non-hydrogen) atoms. The molecule has 0 fully saturated rings. The lowest BCUT2D eigenvalue weighted by atomic mass is 9.86. The minimum Gasteiger partial charge on any atom is -0.311 e. The van der Waals surface area contributed by atoms with Gasteiger partial charge >= 0.3 is 0 Å². The molecular weight excluding hydrogens is 362 g/mol. The summed E-state index contributed by atoms with van der Waals surface area (Å²) in [5, 5.41) is 0. The van der Waals surface area contributed by atoms with Gasteiger partial charge in [0.1, 0.15) is 0 Å². The van der Waals surface area contributed by atoms with Crippen LogP contribution in [0, 0.1) is 10.8 Å². The van der Waals surface area contributed by atoms with Crippen LogP contribution in [0.2, 0.25) is 0 Å². The van der Waals surface area contributed by atoms with Crippen LogP contribution in [0.25, 0.3) is 0 Å². The molecular formula is C29H45N. The molecule has 0 aromatic heterocycles. The summed E-state index contributed by atoms with van der Waals surface area (Å²) in [6.45, 7) is 26.0. The number of nitrogens with zero attached hydrogens (tertiary/aromatic N) is 1. The van der Waals surface area contributed by atoms with Gasteiger partial charge in [-0.2, -0.15) is 0 Å². The highest BCUT2D eigenvalue weighted by molar-refractivity contribution is 5.62. The van der Waals surface area contributed by atoms with Crippen molar-refractivity contribution in [2.45, 2.75) is 75.7 Å². The molecule has 0 bridgehead atoms. The Labute approximate surface area is 187 Å². The van der Waals surface area contributed by atoms with Crippen molar-refractivity contribution in [3.05, 3.63) is 90.3 Å². The Hall–Kier alpha value is -2.28. The lowest BCUT2D eigenvalue weighted by Crippen LogP contribution is -2.19. The van der Waals surface area contributed by atoms with Gasteiger partial charge in [-0.3, -0.25) is 0 Å². The summed E-state index contributed by atoms with van der Waals surface area (Å²) >= 11 is 0. The number of allylic oxidation sites excluding steroid dienone is 7. The van der Waals surface area contributed by atoms with Crippen LogP contribution < -0.4 is 4.90 Å². The van der Waals surface area contributed by atoms with Crippen LogP contribution in [0.15, 0.2) is 90.3 Å². The van der Waals surface area contributed by atoms with Crippen molar-refractivity contribution in [3.63, 3.8) is 0 Å². The summed E-state index contributed by atoms with van der Waals surface area (Å²) in [4.78, 5) is 2.21. The van der Waals surface area contributed by atoms with Crippen LogP contribution in [0.4, 0.5) is 5.69 Å². The molecule has 0 unspecified atom stereocenters. The van der Waals surface area contributed by atoms with E-state index in [0.717, 1.165) is 23.5 Å². The molecule has 0 radical (unpaired) electrons. The number of rotatable bonds is 7. The van der Waals surface area contributed by atoms with Crippen LogP contribution in [0.1, 0.15) is 75.7 Å². The van der Waals surface area contributed by atoms with Gasteiger partial charge in [-0.05, 0) is 61.0 Å². The normalized spacial score (nSPS) is 13.4. The van der Waals surface area contributed by atoms with Crippen LogP contribution in [-0.2, 0) is 0 Å². The van der Waals surface area contributed by atoms with Gasteiger partial charge in [0.15, 0.2) is 0 Å². The Morgan fingerprint density at radius 3 is 1.87 bits per heavy atom. The number of benzene rings is 1. The average Bonchev–Trinajstić information content (AvgIpc) is 2.68. The molecule has 0 aliphatic heterocycles. The summed E-state index contributed by atoms with van der Waals surface area (Å²) in [5.41, 5.74) is 4.87. The number of anilines is 1. The van der Waals surface area contributed by atoms with Crippen molar-refractivity contribution in [3.8, 4) is 0 Å². The molecule has 0 aliphatic carbocycles. The Kier molecular flexibility index (Phi) is 12.1. The van der Waals surface area contributed by atoms with Gasteiger partial charge in [0.05, 0.1) is 0 Å². The van der Waals surface area contributed by atoms with Gasteiger partial charge in [0, 0.05) is 17.1 Å². The summed E-state index contributed by atoms with van der Waals surface area (Å²) in [6.07, 6.45) is 14.1. The van der Waals surface area contributed by atoms with E-state index in [4.69, 9.17) is 0 Å². The molecule has 1 aromatic rings. The molecule has 0 atom stereocenters. The van der Waals surface area contributed by atoms with Crippen LogP contribution in [-0.4, -0.2) is 0 Å². The first kappa shape index (κ1) is 27.7. The highest BCUT2D eigenvalue weighted by Crippen LogP contribution is 2.29. The fraction of sp³-hybridized carbons (Fsp3) is 0.448. The fourth-order valence-corrected chi connectivity index (χ4v) is 2.93. The third-order valence-corrected chi connectivity index (χ3v) is 4.51. The van der Waals surface area contributed by atoms with Gasteiger partial charge in [0.25, 0.3) is 0 Å². The van der Waals surface area contributed by atoms with E-state index in [2.05, 4.69) is 128 Å². The second-order valence-electron chi connectivity index (χ2n) is 9.37. The zero-order valence-corrected chi connectivity index (χ0v) is 21.2. The van der Waals surface area contributed by atoms with Crippen molar-refractivity contribution in [1.82, 2.24) is 0 Å². The van der Waals surface area contributed by atoms with Crippen LogP contribution in [0.3, 0.4) is 0 Å². The molecule has 0 aliphatic rings. The fourth-order valence-electron chi connectivity index (χ4n) is 2.93. The summed E-state index contributed by atoms with van der Waals surface area (Å²) < 4.78 is 0. The van der Waals surface area contributed by atoms with E-state index in [0.29, 0.717) is 0 Å². The zero-order chi connectivity index (χ0) is 23.4. The van der Waals surface area contributed by atoms with Crippen molar-refractivity contribution in [2.24, 2.45) is 10.8 Å². The minimum absolute atomic E-state index is 0.110. The third kappa shape index (κ3) is 9.96. The van der Waals surface area contributed by atoms with E-state index >= 15 is 0 Å². The molecule has 1 aromatic carbocycles. The highest BCUT2D eigenvalue weighted by Gasteiger charge is 2.15. The Bertz CT molecular complexity index is 744. The van der Waals surface area contributed by atoms with E-state index in [1.54, 1.807) is 0 Å². The average molecular weight is 408 g/mol. The quantitative estimate of drug-likeness (QED) is 0.407. The highest BCUT2D eigenvalue weighted by atomic mass is 15.1. The minimum atomic E-state index is 0.110.